The van der Waals surface area contributed by atoms with Crippen molar-refractivity contribution in [3.8, 4) is 12.3 Å². The van der Waals surface area contributed by atoms with Crippen LogP contribution >= 0.6 is 0 Å². The van der Waals surface area contributed by atoms with Gasteiger partial charge in [-0.15, -0.1) is 16.6 Å². The first-order valence-electron chi connectivity index (χ1n) is 23.1. The van der Waals surface area contributed by atoms with E-state index >= 15 is 0 Å². The molecule has 0 aliphatic carbocycles. The van der Waals surface area contributed by atoms with Gasteiger partial charge in [0.2, 0.25) is 29.7 Å². The minimum Gasteiger partial charge on any atom is -0.394 e. The van der Waals surface area contributed by atoms with Crippen LogP contribution in [0, 0.1) is 30.1 Å². The van der Waals surface area contributed by atoms with E-state index in [4.69, 9.17) is 47.1 Å². The van der Waals surface area contributed by atoms with Gasteiger partial charge >= 0.3 is 0 Å². The summed E-state index contributed by atoms with van der Waals surface area (Å²) in [5.74, 6) is 4.12. The van der Waals surface area contributed by atoms with Crippen molar-refractivity contribution in [3.05, 3.63) is 23.8 Å². The number of hydrogen-bond donors (Lipinski definition) is 4. The van der Waals surface area contributed by atoms with Crippen LogP contribution in [0.25, 0.3) is 0 Å². The van der Waals surface area contributed by atoms with E-state index in [1.807, 2.05) is 29.8 Å². The molecule has 22 heteroatoms. The summed E-state index contributed by atoms with van der Waals surface area (Å²) in [6.45, 7) is 18.7. The summed E-state index contributed by atoms with van der Waals surface area (Å²) in [6, 6.07) is -2.02. The average Bonchev–Trinajstić information content (AvgIpc) is 4.01. The molecule has 5 heterocycles. The van der Waals surface area contributed by atoms with Crippen molar-refractivity contribution in [3.63, 3.8) is 0 Å². The number of nitrogens with two attached hydrogens (primary N) is 2. The normalized spacial score (nSPS) is 17.4. The number of aliphatic hydroxyl groups excluding tert-OH is 1. The standard InChI is InChI=1S/C43H72N16O6/c1-8-20-63-22-24-65-25-23-64-21-11-46-41-47-42(56-16-12-54(13-17-56)39(61)37(31(6)9-2)58-27-35(50-52-58)33(44)26-30(4)5)49-43(48-41)57-18-14-55(15-19-57)40(62)38(32(7)10-3)59-28-36(51-53-59)34(45)29-60/h1,27-28,30-34,37-38,60H,9-26,29,44-45H2,2-7H3,(H,46,47,48,49)/t31-,32-,33-,34-,37-,38-/m0/s1. The Balaban J connectivity index is 1.26. The summed E-state index contributed by atoms with van der Waals surface area (Å²) < 4.78 is 19.8. The highest BCUT2D eigenvalue weighted by atomic mass is 16.5. The molecule has 6 atom stereocenters. The Morgan fingerprint density at radius 2 is 1.18 bits per heavy atom. The van der Waals surface area contributed by atoms with Crippen molar-refractivity contribution in [1.29, 1.82) is 0 Å². The van der Waals surface area contributed by atoms with Gasteiger partial charge in [0.05, 0.1) is 69.8 Å². The van der Waals surface area contributed by atoms with Crippen LogP contribution in [0.1, 0.15) is 96.4 Å². The third-order valence-electron chi connectivity index (χ3n) is 12.0. The number of aromatic nitrogens is 9. The molecular formula is C43H72N16O6. The Hall–Kier alpha value is -5.05. The van der Waals surface area contributed by atoms with Crippen molar-refractivity contribution < 1.29 is 28.9 Å². The molecule has 0 saturated carbocycles. The maximum Gasteiger partial charge on any atom is 0.247 e. The summed E-state index contributed by atoms with van der Waals surface area (Å²) in [4.78, 5) is 50.8. The van der Waals surface area contributed by atoms with Crippen LogP contribution in [0.5, 0.6) is 0 Å². The molecule has 0 spiro atoms. The fourth-order valence-corrected chi connectivity index (χ4v) is 7.75. The second-order valence-electron chi connectivity index (χ2n) is 17.2. The van der Waals surface area contributed by atoms with Crippen LogP contribution in [-0.2, 0) is 23.8 Å². The van der Waals surface area contributed by atoms with E-state index < -0.39 is 18.1 Å². The summed E-state index contributed by atoms with van der Waals surface area (Å²) >= 11 is 0. The first-order chi connectivity index (χ1) is 31.4. The number of amides is 2. The van der Waals surface area contributed by atoms with Gasteiger partial charge in [-0.1, -0.05) is 70.7 Å². The molecule has 0 unspecified atom stereocenters. The molecule has 2 saturated heterocycles. The molecular weight excluding hydrogens is 837 g/mol. The Kier molecular flexibility index (Phi) is 20.1. The highest BCUT2D eigenvalue weighted by molar-refractivity contribution is 5.81. The van der Waals surface area contributed by atoms with Crippen molar-refractivity contribution in [2.75, 3.05) is 120 Å². The van der Waals surface area contributed by atoms with Crippen LogP contribution in [0.4, 0.5) is 17.8 Å². The first kappa shape index (κ1) is 50.9. The number of nitrogens with one attached hydrogen (secondary N) is 1. The van der Waals surface area contributed by atoms with Crippen LogP contribution < -0.4 is 26.6 Å². The number of hydrogen-bond acceptors (Lipinski definition) is 18. The predicted molar refractivity (Wildman–Crippen MR) is 245 cm³/mol. The largest absolute Gasteiger partial charge is 0.394 e. The molecule has 2 aliphatic rings. The van der Waals surface area contributed by atoms with E-state index in [2.05, 4.69) is 69.4 Å². The van der Waals surface area contributed by atoms with E-state index in [-0.39, 0.29) is 42.9 Å². The van der Waals surface area contributed by atoms with Gasteiger partial charge in [-0.2, -0.15) is 15.0 Å². The maximum absolute atomic E-state index is 14.2. The lowest BCUT2D eigenvalue weighted by Gasteiger charge is -2.38. The van der Waals surface area contributed by atoms with Crippen LogP contribution in [0.3, 0.4) is 0 Å². The smallest absolute Gasteiger partial charge is 0.247 e. The highest BCUT2D eigenvalue weighted by Crippen LogP contribution is 2.28. The Morgan fingerprint density at radius 1 is 0.723 bits per heavy atom. The number of carbonyl (C=O) groups is 2. The average molecular weight is 909 g/mol. The van der Waals surface area contributed by atoms with E-state index in [9.17, 15) is 14.7 Å². The fourth-order valence-electron chi connectivity index (χ4n) is 7.75. The number of anilines is 3. The molecule has 22 nitrogen and oxygen atoms in total. The highest BCUT2D eigenvalue weighted by Gasteiger charge is 2.36. The fraction of sp³-hybridized carbons (Fsp3) is 0.744. The third-order valence-corrected chi connectivity index (χ3v) is 12.0. The Morgan fingerprint density at radius 3 is 1.63 bits per heavy atom. The van der Waals surface area contributed by atoms with E-state index in [1.54, 1.807) is 15.6 Å². The van der Waals surface area contributed by atoms with Gasteiger partial charge in [0.15, 0.2) is 0 Å². The summed E-state index contributed by atoms with van der Waals surface area (Å²) in [7, 11) is 0. The van der Waals surface area contributed by atoms with Gasteiger partial charge in [-0.3, -0.25) is 9.59 Å². The van der Waals surface area contributed by atoms with Crippen LogP contribution in [0.2, 0.25) is 0 Å². The number of ether oxygens (including phenoxy) is 3. The maximum atomic E-state index is 14.2. The predicted octanol–water partition coefficient (Wildman–Crippen LogP) is 1.06. The summed E-state index contributed by atoms with van der Waals surface area (Å²) in [6.07, 6.45) is 11.0. The molecule has 65 heavy (non-hydrogen) atoms. The van der Waals surface area contributed by atoms with E-state index in [0.717, 1.165) is 19.3 Å². The quantitative estimate of drug-likeness (QED) is 0.0649. The number of aliphatic hydroxyl groups is 1. The second kappa shape index (κ2) is 25.6. The van der Waals surface area contributed by atoms with Gasteiger partial charge in [-0.25, -0.2) is 9.36 Å². The number of carbonyl (C=O) groups excluding carboxylic acids is 2. The third kappa shape index (κ3) is 14.2. The van der Waals surface area contributed by atoms with Crippen molar-refractivity contribution in [1.82, 2.24) is 54.7 Å². The molecule has 0 radical (unpaired) electrons. The number of rotatable bonds is 26. The number of nitrogens with zero attached hydrogens (tertiary/aromatic N) is 13. The molecule has 5 rings (SSSR count). The number of terminal acetylenes is 1. The van der Waals surface area contributed by atoms with E-state index in [1.165, 1.54) is 0 Å². The van der Waals surface area contributed by atoms with Crippen molar-refractivity contribution in [2.45, 2.75) is 85.0 Å². The molecule has 3 aromatic heterocycles. The molecule has 2 amide bonds. The second-order valence-corrected chi connectivity index (χ2v) is 17.2. The van der Waals surface area contributed by atoms with Gasteiger partial charge in [0.25, 0.3) is 0 Å². The molecule has 6 N–H and O–H groups in total. The lowest BCUT2D eigenvalue weighted by atomic mass is 9.97. The van der Waals surface area contributed by atoms with Crippen molar-refractivity contribution >= 4 is 29.7 Å². The lowest BCUT2D eigenvalue weighted by molar-refractivity contribution is -0.137. The molecule has 360 valence electrons. The van der Waals surface area contributed by atoms with Crippen molar-refractivity contribution in [2.24, 2.45) is 29.2 Å². The minimum atomic E-state index is -0.681. The number of piperazine rings is 2. The monoisotopic (exact) mass is 909 g/mol. The molecule has 0 bridgehead atoms. The molecule has 0 aromatic carbocycles. The molecule has 3 aromatic rings. The minimum absolute atomic E-state index is 0.00446. The van der Waals surface area contributed by atoms with Crippen LogP contribution in [-0.4, -0.2) is 177 Å². The summed E-state index contributed by atoms with van der Waals surface area (Å²) in [5, 5.41) is 30.0. The van der Waals surface area contributed by atoms with Crippen LogP contribution in [0.15, 0.2) is 12.4 Å². The Labute approximate surface area is 383 Å². The van der Waals surface area contributed by atoms with Gasteiger partial charge in [0.1, 0.15) is 24.4 Å². The van der Waals surface area contributed by atoms with E-state index in [0.29, 0.717) is 127 Å². The SMILES string of the molecule is C#CCOCCOCCOCCNc1nc(N2CCN(C(=O)[C@H]([C@@H](C)CC)n3cc([C@@H](N)CO)nn3)CC2)nc(N2CCN(C(=O)[C@H]([C@@H](C)CC)n3cc([C@@H](N)CC(C)C)nn3)CC2)n1. The zero-order valence-electron chi connectivity index (χ0n) is 39.2. The topological polar surface area (TPSA) is 259 Å². The van der Waals surface area contributed by atoms with Gasteiger partial charge in [-0.05, 0) is 24.2 Å². The zero-order chi connectivity index (χ0) is 46.9. The Bertz CT molecular complexity index is 1940. The first-order valence-corrected chi connectivity index (χ1v) is 23.1. The van der Waals surface area contributed by atoms with Gasteiger partial charge < -0.3 is 55.7 Å². The lowest BCUT2D eigenvalue weighted by Crippen LogP contribution is -2.52. The summed E-state index contributed by atoms with van der Waals surface area (Å²) in [5.41, 5.74) is 13.5. The molecule has 2 fully saturated rings. The van der Waals surface area contributed by atoms with Gasteiger partial charge in [0, 0.05) is 58.9 Å². The molecule has 2 aliphatic heterocycles. The zero-order valence-corrected chi connectivity index (χ0v) is 39.2.